The van der Waals surface area contributed by atoms with Gasteiger partial charge in [-0.3, -0.25) is 4.98 Å². The molecule has 0 aliphatic rings. The van der Waals surface area contributed by atoms with Crippen molar-refractivity contribution in [3.63, 3.8) is 0 Å². The van der Waals surface area contributed by atoms with Crippen LogP contribution in [0.25, 0.3) is 11.4 Å². The summed E-state index contributed by atoms with van der Waals surface area (Å²) in [7, 11) is 1.88. The summed E-state index contributed by atoms with van der Waals surface area (Å²) in [6.07, 6.45) is 1.78. The van der Waals surface area contributed by atoms with Crippen LogP contribution in [0.2, 0.25) is 0 Å². The average Bonchev–Trinajstić information content (AvgIpc) is 2.38. The van der Waals surface area contributed by atoms with E-state index in [4.69, 9.17) is 4.98 Å². The van der Waals surface area contributed by atoms with E-state index in [0.717, 1.165) is 28.6 Å². The van der Waals surface area contributed by atoms with Crippen LogP contribution in [-0.2, 0) is 5.41 Å². The van der Waals surface area contributed by atoms with E-state index >= 15 is 0 Å². The molecule has 0 aliphatic carbocycles. The largest absolute Gasteiger partial charge is 0.373 e. The van der Waals surface area contributed by atoms with E-state index in [-0.39, 0.29) is 5.41 Å². The predicted octanol–water partition coefficient (Wildman–Crippen LogP) is 3.19. The van der Waals surface area contributed by atoms with E-state index in [1.54, 1.807) is 6.20 Å². The van der Waals surface area contributed by atoms with Crippen molar-refractivity contribution in [2.45, 2.75) is 33.1 Å². The highest BCUT2D eigenvalue weighted by atomic mass is 15.0. The van der Waals surface area contributed by atoms with E-state index in [1.807, 2.05) is 32.2 Å². The van der Waals surface area contributed by atoms with E-state index in [2.05, 4.69) is 36.1 Å². The third-order valence-corrected chi connectivity index (χ3v) is 2.96. The van der Waals surface area contributed by atoms with Gasteiger partial charge in [-0.15, -0.1) is 0 Å². The molecule has 0 saturated heterocycles. The number of anilines is 1. The van der Waals surface area contributed by atoms with Gasteiger partial charge >= 0.3 is 0 Å². The molecule has 2 rings (SSSR count). The second-order valence-corrected chi connectivity index (χ2v) is 5.58. The van der Waals surface area contributed by atoms with Crippen LogP contribution in [0.3, 0.4) is 0 Å². The number of hydrogen-bond donors (Lipinski definition) is 1. The minimum absolute atomic E-state index is 0.0944. The summed E-state index contributed by atoms with van der Waals surface area (Å²) in [6, 6.07) is 5.85. The van der Waals surface area contributed by atoms with Crippen molar-refractivity contribution in [3.8, 4) is 11.4 Å². The molecule has 0 bridgehead atoms. The smallest absolute Gasteiger partial charge is 0.136 e. The molecule has 19 heavy (non-hydrogen) atoms. The van der Waals surface area contributed by atoms with E-state index in [0.29, 0.717) is 0 Å². The lowest BCUT2D eigenvalue weighted by molar-refractivity contribution is 0.546. The molecule has 0 spiro atoms. The zero-order valence-electron chi connectivity index (χ0n) is 12.2. The molecular weight excluding hydrogens is 236 g/mol. The first kappa shape index (κ1) is 13.5. The van der Waals surface area contributed by atoms with Gasteiger partial charge in [0.05, 0.1) is 11.4 Å². The molecule has 4 nitrogen and oxygen atoms in total. The van der Waals surface area contributed by atoms with Gasteiger partial charge in [0.2, 0.25) is 0 Å². The fourth-order valence-corrected chi connectivity index (χ4v) is 1.85. The van der Waals surface area contributed by atoms with Crippen LogP contribution in [-0.4, -0.2) is 22.0 Å². The maximum absolute atomic E-state index is 4.71. The number of rotatable bonds is 2. The highest BCUT2D eigenvalue weighted by Crippen LogP contribution is 2.28. The van der Waals surface area contributed by atoms with Crippen LogP contribution in [0.5, 0.6) is 0 Å². The molecule has 0 aliphatic heterocycles. The molecule has 0 unspecified atom stereocenters. The SMILES string of the molecule is CNc1nc(C(C)(C)C)nc(-c2ccccn2)c1C. The summed E-state index contributed by atoms with van der Waals surface area (Å²) in [5.41, 5.74) is 2.70. The van der Waals surface area contributed by atoms with Gasteiger partial charge in [0.15, 0.2) is 0 Å². The summed E-state index contributed by atoms with van der Waals surface area (Å²) in [4.78, 5) is 13.7. The van der Waals surface area contributed by atoms with Gasteiger partial charge in [-0.2, -0.15) is 0 Å². The first-order chi connectivity index (χ1) is 8.93. The second kappa shape index (κ2) is 4.96. The summed E-state index contributed by atoms with van der Waals surface area (Å²) < 4.78 is 0. The molecular formula is C15H20N4. The van der Waals surface area contributed by atoms with Crippen LogP contribution >= 0.6 is 0 Å². The third kappa shape index (κ3) is 2.72. The lowest BCUT2D eigenvalue weighted by atomic mass is 9.95. The van der Waals surface area contributed by atoms with Crippen molar-refractivity contribution in [1.82, 2.24) is 15.0 Å². The number of pyridine rings is 1. The molecule has 2 aromatic rings. The van der Waals surface area contributed by atoms with Crippen molar-refractivity contribution in [3.05, 3.63) is 35.8 Å². The molecule has 100 valence electrons. The molecule has 0 atom stereocenters. The summed E-state index contributed by atoms with van der Waals surface area (Å²) in [6.45, 7) is 8.35. The van der Waals surface area contributed by atoms with Gasteiger partial charge < -0.3 is 5.32 Å². The first-order valence-corrected chi connectivity index (χ1v) is 6.41. The van der Waals surface area contributed by atoms with Crippen molar-refractivity contribution in [2.75, 3.05) is 12.4 Å². The Morgan fingerprint density at radius 2 is 1.84 bits per heavy atom. The highest BCUT2D eigenvalue weighted by molar-refractivity contribution is 5.65. The van der Waals surface area contributed by atoms with E-state index < -0.39 is 0 Å². The maximum Gasteiger partial charge on any atom is 0.136 e. The topological polar surface area (TPSA) is 50.7 Å². The van der Waals surface area contributed by atoms with Gasteiger partial charge in [-0.25, -0.2) is 9.97 Å². The molecule has 1 N–H and O–H groups in total. The van der Waals surface area contributed by atoms with E-state index in [9.17, 15) is 0 Å². The number of nitrogens with zero attached hydrogens (tertiary/aromatic N) is 3. The fourth-order valence-electron chi connectivity index (χ4n) is 1.85. The zero-order chi connectivity index (χ0) is 14.0. The quantitative estimate of drug-likeness (QED) is 0.896. The molecule has 0 radical (unpaired) electrons. The van der Waals surface area contributed by atoms with Crippen LogP contribution in [0.1, 0.15) is 32.2 Å². The molecule has 0 saturated carbocycles. The highest BCUT2D eigenvalue weighted by Gasteiger charge is 2.21. The minimum Gasteiger partial charge on any atom is -0.373 e. The molecule has 0 fully saturated rings. The average molecular weight is 256 g/mol. The first-order valence-electron chi connectivity index (χ1n) is 6.41. The number of aromatic nitrogens is 3. The summed E-state index contributed by atoms with van der Waals surface area (Å²) in [5, 5.41) is 3.14. The van der Waals surface area contributed by atoms with Gasteiger partial charge in [-0.1, -0.05) is 26.8 Å². The van der Waals surface area contributed by atoms with Crippen molar-refractivity contribution < 1.29 is 0 Å². The Bertz CT molecular complexity index is 571. The van der Waals surface area contributed by atoms with Gasteiger partial charge in [0, 0.05) is 24.2 Å². The Morgan fingerprint density at radius 1 is 1.11 bits per heavy atom. The van der Waals surface area contributed by atoms with Crippen molar-refractivity contribution in [1.29, 1.82) is 0 Å². The third-order valence-electron chi connectivity index (χ3n) is 2.96. The molecule has 0 aromatic carbocycles. The lowest BCUT2D eigenvalue weighted by Crippen LogP contribution is -2.18. The normalized spacial score (nSPS) is 11.4. The number of nitrogens with one attached hydrogen (secondary N) is 1. The second-order valence-electron chi connectivity index (χ2n) is 5.58. The van der Waals surface area contributed by atoms with Crippen molar-refractivity contribution >= 4 is 5.82 Å². The molecule has 4 heteroatoms. The Kier molecular flexibility index (Phi) is 3.51. The molecule has 2 aromatic heterocycles. The van der Waals surface area contributed by atoms with Crippen LogP contribution in [0.15, 0.2) is 24.4 Å². The van der Waals surface area contributed by atoms with Gasteiger partial charge in [-0.05, 0) is 19.1 Å². The maximum atomic E-state index is 4.71. The Labute approximate surface area is 114 Å². The Balaban J connectivity index is 2.66. The van der Waals surface area contributed by atoms with Crippen molar-refractivity contribution in [2.24, 2.45) is 0 Å². The standard InChI is InChI=1S/C15H20N4/c1-10-12(11-8-6-7-9-17-11)18-14(15(2,3)4)19-13(10)16-5/h6-9H,1-5H3,(H,16,18,19). The fraction of sp³-hybridized carbons (Fsp3) is 0.400. The van der Waals surface area contributed by atoms with Gasteiger partial charge in [0.25, 0.3) is 0 Å². The van der Waals surface area contributed by atoms with Gasteiger partial charge in [0.1, 0.15) is 11.6 Å². The molecule has 0 amide bonds. The summed E-state index contributed by atoms with van der Waals surface area (Å²) >= 11 is 0. The van der Waals surface area contributed by atoms with Crippen LogP contribution < -0.4 is 5.32 Å². The van der Waals surface area contributed by atoms with Crippen LogP contribution in [0.4, 0.5) is 5.82 Å². The zero-order valence-corrected chi connectivity index (χ0v) is 12.2. The number of hydrogen-bond acceptors (Lipinski definition) is 4. The monoisotopic (exact) mass is 256 g/mol. The minimum atomic E-state index is -0.0944. The Morgan fingerprint density at radius 3 is 2.37 bits per heavy atom. The Hall–Kier alpha value is -1.97. The lowest BCUT2D eigenvalue weighted by Gasteiger charge is -2.20. The molecule has 2 heterocycles. The van der Waals surface area contributed by atoms with E-state index in [1.165, 1.54) is 0 Å². The van der Waals surface area contributed by atoms with Crippen LogP contribution in [0, 0.1) is 6.92 Å². The summed E-state index contributed by atoms with van der Waals surface area (Å²) in [5.74, 6) is 1.68. The predicted molar refractivity (Wildman–Crippen MR) is 78.2 cm³/mol.